The normalized spacial score (nSPS) is 21.4. The molecule has 1 unspecified atom stereocenters. The third-order valence-electron chi connectivity index (χ3n) is 3.90. The van der Waals surface area contributed by atoms with Gasteiger partial charge in [0.1, 0.15) is 0 Å². The van der Waals surface area contributed by atoms with Crippen LogP contribution in [0.2, 0.25) is 0 Å². The first-order valence-electron chi connectivity index (χ1n) is 7.25. The molecular formula is C16H24N2O3. The molecule has 1 aromatic rings. The minimum atomic E-state index is -0.432. The quantitative estimate of drug-likeness (QED) is 0.789. The highest BCUT2D eigenvalue weighted by molar-refractivity contribution is 5.83. The summed E-state index contributed by atoms with van der Waals surface area (Å²) in [6.45, 7) is 3.10. The van der Waals surface area contributed by atoms with E-state index in [2.05, 4.69) is 16.7 Å². The molecule has 0 radical (unpaired) electrons. The van der Waals surface area contributed by atoms with E-state index in [0.717, 1.165) is 24.1 Å². The molecule has 1 aliphatic heterocycles. The second-order valence-electron chi connectivity index (χ2n) is 5.58. The van der Waals surface area contributed by atoms with E-state index in [1.54, 1.807) is 14.2 Å². The fraction of sp³-hybridized carbons (Fsp3) is 0.562. The monoisotopic (exact) mass is 292 g/mol. The minimum absolute atomic E-state index is 0.0616. The molecule has 0 bridgehead atoms. The van der Waals surface area contributed by atoms with Crippen molar-refractivity contribution in [1.29, 1.82) is 0 Å². The van der Waals surface area contributed by atoms with Gasteiger partial charge in [-0.25, -0.2) is 0 Å². The van der Waals surface area contributed by atoms with Crippen molar-refractivity contribution >= 4 is 5.91 Å². The van der Waals surface area contributed by atoms with Crippen molar-refractivity contribution in [3.8, 4) is 0 Å². The topological polar surface area (TPSA) is 59.6 Å². The first-order valence-corrected chi connectivity index (χ1v) is 7.25. The molecule has 21 heavy (non-hydrogen) atoms. The molecule has 0 aliphatic carbocycles. The zero-order chi connectivity index (χ0) is 15.1. The molecule has 1 heterocycles. The minimum Gasteiger partial charge on any atom is -0.384 e. The maximum absolute atomic E-state index is 12.5. The predicted molar refractivity (Wildman–Crippen MR) is 80.8 cm³/mol. The number of nitrogens with one attached hydrogen (secondary N) is 2. The van der Waals surface area contributed by atoms with Gasteiger partial charge in [-0.3, -0.25) is 4.79 Å². The first kappa shape index (κ1) is 15.9. The summed E-state index contributed by atoms with van der Waals surface area (Å²) in [6.07, 6.45) is 0.816. The maximum atomic E-state index is 12.5. The molecule has 1 aromatic carbocycles. The zero-order valence-electron chi connectivity index (χ0n) is 12.8. The summed E-state index contributed by atoms with van der Waals surface area (Å²) in [5.41, 5.74) is 1.76. The lowest BCUT2D eigenvalue weighted by molar-refractivity contribution is -0.133. The van der Waals surface area contributed by atoms with Crippen LogP contribution in [0, 0.1) is 5.41 Å². The SMILES string of the molecule is COCc1cccc(CNC(=O)C2(COC)CCNC2)c1. The average Bonchev–Trinajstić information content (AvgIpc) is 2.96. The molecule has 0 spiro atoms. The molecular weight excluding hydrogens is 268 g/mol. The van der Waals surface area contributed by atoms with Crippen molar-refractivity contribution in [2.75, 3.05) is 33.9 Å². The Kier molecular flexibility index (Phi) is 5.73. The summed E-state index contributed by atoms with van der Waals surface area (Å²) in [5, 5.41) is 6.28. The molecule has 1 saturated heterocycles. The molecule has 1 atom stereocenters. The second-order valence-corrected chi connectivity index (χ2v) is 5.58. The molecule has 0 aromatic heterocycles. The molecule has 116 valence electrons. The molecule has 5 nitrogen and oxygen atoms in total. The Bertz CT molecular complexity index is 470. The summed E-state index contributed by atoms with van der Waals surface area (Å²) in [4.78, 5) is 12.5. The number of methoxy groups -OCH3 is 2. The fourth-order valence-corrected chi connectivity index (χ4v) is 2.77. The van der Waals surface area contributed by atoms with Gasteiger partial charge in [-0.05, 0) is 24.1 Å². The number of carbonyl (C=O) groups excluding carboxylic acids is 1. The zero-order valence-corrected chi connectivity index (χ0v) is 12.8. The van der Waals surface area contributed by atoms with Crippen molar-refractivity contribution < 1.29 is 14.3 Å². The van der Waals surface area contributed by atoms with Crippen LogP contribution >= 0.6 is 0 Å². The van der Waals surface area contributed by atoms with Crippen LogP contribution < -0.4 is 10.6 Å². The van der Waals surface area contributed by atoms with E-state index >= 15 is 0 Å². The standard InChI is InChI=1S/C16H24N2O3/c1-20-10-14-5-3-4-13(8-14)9-18-15(19)16(12-21-2)6-7-17-11-16/h3-5,8,17H,6-7,9-12H2,1-2H3,(H,18,19). The average molecular weight is 292 g/mol. The summed E-state index contributed by atoms with van der Waals surface area (Å²) in [7, 11) is 3.32. The third-order valence-corrected chi connectivity index (χ3v) is 3.90. The van der Waals surface area contributed by atoms with E-state index in [-0.39, 0.29) is 5.91 Å². The van der Waals surface area contributed by atoms with Crippen molar-refractivity contribution in [1.82, 2.24) is 10.6 Å². The Hall–Kier alpha value is -1.43. The fourth-order valence-electron chi connectivity index (χ4n) is 2.77. The van der Waals surface area contributed by atoms with E-state index in [9.17, 15) is 4.79 Å². The van der Waals surface area contributed by atoms with Crippen molar-refractivity contribution in [3.05, 3.63) is 35.4 Å². The van der Waals surface area contributed by atoms with Gasteiger partial charge in [0.15, 0.2) is 0 Å². The summed E-state index contributed by atoms with van der Waals surface area (Å²) < 4.78 is 10.4. The summed E-state index contributed by atoms with van der Waals surface area (Å²) in [6, 6.07) is 8.06. The Balaban J connectivity index is 1.95. The number of carbonyl (C=O) groups is 1. The molecule has 2 N–H and O–H groups in total. The molecule has 2 rings (SSSR count). The van der Waals surface area contributed by atoms with Crippen LogP contribution in [-0.4, -0.2) is 39.8 Å². The Morgan fingerprint density at radius 1 is 1.33 bits per heavy atom. The Labute approximate surface area is 126 Å². The van der Waals surface area contributed by atoms with Crippen molar-refractivity contribution in [3.63, 3.8) is 0 Å². The van der Waals surface area contributed by atoms with Gasteiger partial charge < -0.3 is 20.1 Å². The number of hydrogen-bond donors (Lipinski definition) is 2. The van der Waals surface area contributed by atoms with Crippen molar-refractivity contribution in [2.24, 2.45) is 5.41 Å². The third kappa shape index (κ3) is 4.03. The first-order chi connectivity index (χ1) is 10.2. The van der Waals surface area contributed by atoms with Gasteiger partial charge in [0.05, 0.1) is 18.6 Å². The van der Waals surface area contributed by atoms with Crippen LogP contribution in [0.5, 0.6) is 0 Å². The highest BCUT2D eigenvalue weighted by Gasteiger charge is 2.41. The number of benzene rings is 1. The van der Waals surface area contributed by atoms with E-state index in [4.69, 9.17) is 9.47 Å². The van der Waals surface area contributed by atoms with Crippen LogP contribution in [0.15, 0.2) is 24.3 Å². The highest BCUT2D eigenvalue weighted by Crippen LogP contribution is 2.26. The molecule has 1 fully saturated rings. The highest BCUT2D eigenvalue weighted by atomic mass is 16.5. The van der Waals surface area contributed by atoms with Gasteiger partial charge in [0.25, 0.3) is 0 Å². The lowest BCUT2D eigenvalue weighted by atomic mass is 9.87. The van der Waals surface area contributed by atoms with E-state index in [1.807, 2.05) is 18.2 Å². The maximum Gasteiger partial charge on any atom is 0.230 e. The van der Waals surface area contributed by atoms with Gasteiger partial charge in [-0.2, -0.15) is 0 Å². The van der Waals surface area contributed by atoms with Crippen LogP contribution in [0.4, 0.5) is 0 Å². The number of amides is 1. The van der Waals surface area contributed by atoms with E-state index < -0.39 is 5.41 Å². The largest absolute Gasteiger partial charge is 0.384 e. The molecule has 5 heteroatoms. The molecule has 1 amide bonds. The second kappa shape index (κ2) is 7.54. The van der Waals surface area contributed by atoms with Gasteiger partial charge in [0, 0.05) is 27.3 Å². The lowest BCUT2D eigenvalue weighted by Crippen LogP contribution is -2.45. The van der Waals surface area contributed by atoms with Crippen LogP contribution in [0.3, 0.4) is 0 Å². The smallest absolute Gasteiger partial charge is 0.230 e. The predicted octanol–water partition coefficient (Wildman–Crippen LogP) is 1.08. The van der Waals surface area contributed by atoms with E-state index in [0.29, 0.717) is 26.3 Å². The summed E-state index contributed by atoms with van der Waals surface area (Å²) in [5.74, 6) is 0.0616. The van der Waals surface area contributed by atoms with Crippen molar-refractivity contribution in [2.45, 2.75) is 19.6 Å². The number of hydrogen-bond acceptors (Lipinski definition) is 4. The summed E-state index contributed by atoms with van der Waals surface area (Å²) >= 11 is 0. The Morgan fingerprint density at radius 2 is 2.14 bits per heavy atom. The van der Waals surface area contributed by atoms with Crippen LogP contribution in [-0.2, 0) is 27.4 Å². The molecule has 0 saturated carbocycles. The number of rotatable bonds is 7. The van der Waals surface area contributed by atoms with E-state index in [1.165, 1.54) is 0 Å². The lowest BCUT2D eigenvalue weighted by Gasteiger charge is -2.26. The van der Waals surface area contributed by atoms with Gasteiger partial charge in [-0.1, -0.05) is 24.3 Å². The van der Waals surface area contributed by atoms with Crippen LogP contribution in [0.1, 0.15) is 17.5 Å². The number of ether oxygens (including phenoxy) is 2. The van der Waals surface area contributed by atoms with Crippen LogP contribution in [0.25, 0.3) is 0 Å². The molecule has 1 aliphatic rings. The van der Waals surface area contributed by atoms with Gasteiger partial charge in [0.2, 0.25) is 5.91 Å². The Morgan fingerprint density at radius 3 is 2.81 bits per heavy atom. The van der Waals surface area contributed by atoms with Gasteiger partial charge >= 0.3 is 0 Å². The van der Waals surface area contributed by atoms with Gasteiger partial charge in [-0.15, -0.1) is 0 Å².